The van der Waals surface area contributed by atoms with E-state index in [4.69, 9.17) is 5.11 Å². The average Bonchev–Trinajstić information content (AvgIpc) is 2.38. The van der Waals surface area contributed by atoms with Gasteiger partial charge < -0.3 is 10.4 Å². The number of hydrogen-bond donors (Lipinski definition) is 2. The van der Waals surface area contributed by atoms with Gasteiger partial charge >= 0.3 is 5.97 Å². The van der Waals surface area contributed by atoms with E-state index < -0.39 is 12.0 Å². The van der Waals surface area contributed by atoms with Crippen molar-refractivity contribution in [2.24, 2.45) is 0 Å². The molecular formula is C15H21NO3S. The lowest BCUT2D eigenvalue weighted by Crippen LogP contribution is -2.32. The van der Waals surface area contributed by atoms with Crippen LogP contribution >= 0.6 is 11.8 Å². The first-order valence-corrected chi connectivity index (χ1v) is 7.84. The van der Waals surface area contributed by atoms with Gasteiger partial charge in [0.15, 0.2) is 0 Å². The molecule has 110 valence electrons. The minimum absolute atomic E-state index is 0.102. The number of amides is 1. The number of carbonyl (C=O) groups is 2. The van der Waals surface area contributed by atoms with Crippen LogP contribution in [0.1, 0.15) is 36.9 Å². The second-order valence-corrected chi connectivity index (χ2v) is 5.73. The quantitative estimate of drug-likeness (QED) is 0.724. The van der Waals surface area contributed by atoms with Gasteiger partial charge in [0.25, 0.3) is 0 Å². The lowest BCUT2D eigenvalue weighted by molar-refractivity contribution is -0.137. The third kappa shape index (κ3) is 5.65. The molecule has 0 bridgehead atoms. The molecule has 1 aromatic carbocycles. The number of nitrogens with one attached hydrogen (secondary N) is 1. The maximum Gasteiger partial charge on any atom is 0.305 e. The first-order chi connectivity index (χ1) is 9.54. The third-order valence-corrected chi connectivity index (χ3v) is 4.02. The number of carboxylic acids is 1. The molecule has 0 saturated heterocycles. The van der Waals surface area contributed by atoms with Crippen LogP contribution in [-0.2, 0) is 9.59 Å². The molecule has 0 spiro atoms. The first-order valence-electron chi connectivity index (χ1n) is 6.69. The molecule has 20 heavy (non-hydrogen) atoms. The van der Waals surface area contributed by atoms with Gasteiger partial charge in [-0.25, -0.2) is 0 Å². The zero-order valence-electron chi connectivity index (χ0n) is 11.9. The fourth-order valence-corrected chi connectivity index (χ4v) is 2.64. The van der Waals surface area contributed by atoms with E-state index in [1.807, 2.05) is 31.2 Å². The second kappa shape index (κ2) is 8.64. The lowest BCUT2D eigenvalue weighted by Gasteiger charge is -2.19. The summed E-state index contributed by atoms with van der Waals surface area (Å²) in [6.45, 7) is 3.98. The Labute approximate surface area is 124 Å². The van der Waals surface area contributed by atoms with Crippen molar-refractivity contribution in [3.8, 4) is 0 Å². The van der Waals surface area contributed by atoms with E-state index in [0.717, 1.165) is 23.3 Å². The summed E-state index contributed by atoms with van der Waals surface area (Å²) in [5.74, 6) is 0.273. The SMILES string of the molecule is CCCSCC(=O)NC(CC(=O)O)c1ccccc1C. The van der Waals surface area contributed by atoms with Gasteiger partial charge in [-0.15, -0.1) is 0 Å². The highest BCUT2D eigenvalue weighted by Crippen LogP contribution is 2.20. The van der Waals surface area contributed by atoms with Crippen molar-refractivity contribution in [2.45, 2.75) is 32.7 Å². The van der Waals surface area contributed by atoms with Gasteiger partial charge in [-0.1, -0.05) is 31.2 Å². The van der Waals surface area contributed by atoms with Crippen molar-refractivity contribution in [3.63, 3.8) is 0 Å². The van der Waals surface area contributed by atoms with Crippen LogP contribution in [0.2, 0.25) is 0 Å². The van der Waals surface area contributed by atoms with Crippen molar-refractivity contribution < 1.29 is 14.7 Å². The molecule has 0 aliphatic heterocycles. The maximum atomic E-state index is 11.9. The molecule has 0 aliphatic carbocycles. The Morgan fingerprint density at radius 3 is 2.65 bits per heavy atom. The standard InChI is InChI=1S/C15H21NO3S/c1-3-8-20-10-14(17)16-13(9-15(18)19)12-7-5-4-6-11(12)2/h4-7,13H,3,8-10H2,1-2H3,(H,16,17)(H,18,19). The maximum absolute atomic E-state index is 11.9. The Hall–Kier alpha value is -1.49. The number of thioether (sulfide) groups is 1. The number of carboxylic acid groups (broad SMARTS) is 1. The Kier molecular flexibility index (Phi) is 7.15. The number of aryl methyl sites for hydroxylation is 1. The molecule has 0 aliphatic rings. The van der Waals surface area contributed by atoms with E-state index >= 15 is 0 Å². The summed E-state index contributed by atoms with van der Waals surface area (Å²) in [4.78, 5) is 22.8. The fraction of sp³-hybridized carbons (Fsp3) is 0.467. The Morgan fingerprint density at radius 2 is 2.05 bits per heavy atom. The van der Waals surface area contributed by atoms with Crippen LogP contribution < -0.4 is 5.32 Å². The van der Waals surface area contributed by atoms with E-state index in [-0.39, 0.29) is 12.3 Å². The average molecular weight is 295 g/mol. The summed E-state index contributed by atoms with van der Waals surface area (Å²) in [6, 6.07) is 7.07. The Morgan fingerprint density at radius 1 is 1.35 bits per heavy atom. The molecule has 1 amide bonds. The van der Waals surface area contributed by atoms with Crippen LogP contribution in [0, 0.1) is 6.92 Å². The van der Waals surface area contributed by atoms with Gasteiger partial charge in [0.2, 0.25) is 5.91 Å². The lowest BCUT2D eigenvalue weighted by atomic mass is 9.99. The van der Waals surface area contributed by atoms with Gasteiger partial charge in [0.05, 0.1) is 18.2 Å². The molecule has 1 unspecified atom stereocenters. The smallest absolute Gasteiger partial charge is 0.305 e. The normalized spacial score (nSPS) is 11.9. The fourth-order valence-electron chi connectivity index (χ4n) is 1.94. The van der Waals surface area contributed by atoms with Gasteiger partial charge in [-0.2, -0.15) is 11.8 Å². The van der Waals surface area contributed by atoms with Crippen LogP contribution in [0.25, 0.3) is 0 Å². The van der Waals surface area contributed by atoms with Crippen molar-refractivity contribution in [1.29, 1.82) is 0 Å². The Balaban J connectivity index is 2.72. The molecule has 0 saturated carbocycles. The van der Waals surface area contributed by atoms with Crippen molar-refractivity contribution in [3.05, 3.63) is 35.4 Å². The highest BCUT2D eigenvalue weighted by Gasteiger charge is 2.19. The highest BCUT2D eigenvalue weighted by molar-refractivity contribution is 7.99. The van der Waals surface area contributed by atoms with Crippen LogP contribution in [-0.4, -0.2) is 28.5 Å². The predicted octanol–water partition coefficient (Wildman–Crippen LogP) is 2.77. The summed E-state index contributed by atoms with van der Waals surface area (Å²) >= 11 is 1.56. The van der Waals surface area contributed by atoms with Crippen LogP contribution in [0.4, 0.5) is 0 Å². The predicted molar refractivity (Wildman–Crippen MR) is 81.9 cm³/mol. The van der Waals surface area contributed by atoms with Crippen molar-refractivity contribution in [1.82, 2.24) is 5.32 Å². The highest BCUT2D eigenvalue weighted by atomic mass is 32.2. The van der Waals surface area contributed by atoms with E-state index in [2.05, 4.69) is 12.2 Å². The summed E-state index contributed by atoms with van der Waals surface area (Å²) < 4.78 is 0. The zero-order valence-corrected chi connectivity index (χ0v) is 12.7. The number of aliphatic carboxylic acids is 1. The minimum atomic E-state index is -0.917. The third-order valence-electron chi connectivity index (χ3n) is 2.86. The largest absolute Gasteiger partial charge is 0.481 e. The van der Waals surface area contributed by atoms with E-state index in [1.165, 1.54) is 0 Å². The van der Waals surface area contributed by atoms with Crippen molar-refractivity contribution >= 4 is 23.6 Å². The van der Waals surface area contributed by atoms with Gasteiger partial charge in [0, 0.05) is 0 Å². The Bertz CT molecular complexity index is 462. The molecule has 1 aromatic rings. The molecule has 2 N–H and O–H groups in total. The van der Waals surface area contributed by atoms with Crippen LogP contribution in [0.15, 0.2) is 24.3 Å². The van der Waals surface area contributed by atoms with Gasteiger partial charge in [0.1, 0.15) is 0 Å². The monoisotopic (exact) mass is 295 g/mol. The number of hydrogen-bond acceptors (Lipinski definition) is 3. The summed E-state index contributed by atoms with van der Waals surface area (Å²) in [7, 11) is 0. The molecule has 0 radical (unpaired) electrons. The van der Waals surface area contributed by atoms with E-state index in [9.17, 15) is 9.59 Å². The van der Waals surface area contributed by atoms with Crippen LogP contribution in [0.3, 0.4) is 0 Å². The molecule has 5 heteroatoms. The molecule has 4 nitrogen and oxygen atoms in total. The molecule has 1 rings (SSSR count). The van der Waals surface area contributed by atoms with E-state index in [0.29, 0.717) is 5.75 Å². The van der Waals surface area contributed by atoms with Crippen LogP contribution in [0.5, 0.6) is 0 Å². The number of rotatable bonds is 8. The number of carbonyl (C=O) groups excluding carboxylic acids is 1. The first kappa shape index (κ1) is 16.6. The summed E-state index contributed by atoms with van der Waals surface area (Å²) in [6.07, 6.45) is 0.920. The second-order valence-electron chi connectivity index (χ2n) is 4.63. The molecule has 0 fully saturated rings. The van der Waals surface area contributed by atoms with Crippen molar-refractivity contribution in [2.75, 3.05) is 11.5 Å². The molecule has 0 heterocycles. The topological polar surface area (TPSA) is 66.4 Å². The van der Waals surface area contributed by atoms with E-state index in [1.54, 1.807) is 11.8 Å². The number of benzene rings is 1. The van der Waals surface area contributed by atoms with Gasteiger partial charge in [-0.3, -0.25) is 9.59 Å². The van der Waals surface area contributed by atoms with Gasteiger partial charge in [-0.05, 0) is 30.2 Å². The molecule has 0 aromatic heterocycles. The zero-order chi connectivity index (χ0) is 15.0. The summed E-state index contributed by atoms with van der Waals surface area (Å²) in [5.41, 5.74) is 1.85. The molecule has 1 atom stereocenters. The summed E-state index contributed by atoms with van der Waals surface area (Å²) in [5, 5.41) is 11.8. The molecular weight excluding hydrogens is 274 g/mol. The minimum Gasteiger partial charge on any atom is -0.481 e.